The van der Waals surface area contributed by atoms with Gasteiger partial charge < -0.3 is 0 Å². The highest BCUT2D eigenvalue weighted by Gasteiger charge is 2.02. The van der Waals surface area contributed by atoms with Gasteiger partial charge in [-0.2, -0.15) is 0 Å². The molecule has 0 unspecified atom stereocenters. The lowest BCUT2D eigenvalue weighted by atomic mass is 10.4. The van der Waals surface area contributed by atoms with E-state index in [1.54, 1.807) is 19.2 Å². The number of aromatic nitrogens is 5. The zero-order valence-corrected chi connectivity index (χ0v) is 8.84. The number of hydrogen-bond acceptors (Lipinski definition) is 4. The van der Waals surface area contributed by atoms with Gasteiger partial charge in [-0.1, -0.05) is 0 Å². The van der Waals surface area contributed by atoms with Gasteiger partial charge in [0.15, 0.2) is 4.77 Å². The van der Waals surface area contributed by atoms with Crippen LogP contribution in [0.5, 0.6) is 0 Å². The van der Waals surface area contributed by atoms with Crippen LogP contribution in [0, 0.1) is 11.7 Å². The minimum atomic E-state index is -0.267. The Labute approximate surface area is 90.0 Å². The maximum absolute atomic E-state index is 11.3. The molecule has 0 bridgehead atoms. The average Bonchev–Trinajstić information content (AvgIpc) is 2.50. The van der Waals surface area contributed by atoms with Crippen LogP contribution in [0.15, 0.2) is 17.1 Å². The first-order chi connectivity index (χ1) is 7.16. The van der Waals surface area contributed by atoms with Crippen molar-refractivity contribution in [2.24, 2.45) is 0 Å². The third-order valence-electron chi connectivity index (χ3n) is 1.92. The summed E-state index contributed by atoms with van der Waals surface area (Å²) in [5.41, 5.74) is 0.486. The minimum absolute atomic E-state index is 0.267. The van der Waals surface area contributed by atoms with Crippen molar-refractivity contribution in [1.82, 2.24) is 24.7 Å². The second-order valence-electron chi connectivity index (χ2n) is 3.04. The van der Waals surface area contributed by atoms with Crippen LogP contribution in [-0.4, -0.2) is 24.7 Å². The summed E-state index contributed by atoms with van der Waals surface area (Å²) in [6, 6.07) is 1.75. The van der Waals surface area contributed by atoms with Crippen molar-refractivity contribution in [2.75, 3.05) is 0 Å². The second-order valence-corrected chi connectivity index (χ2v) is 3.43. The van der Waals surface area contributed by atoms with E-state index in [1.165, 1.54) is 4.57 Å². The molecule has 2 aromatic heterocycles. The van der Waals surface area contributed by atoms with Gasteiger partial charge in [0, 0.05) is 6.20 Å². The van der Waals surface area contributed by atoms with Crippen LogP contribution in [0.25, 0.3) is 0 Å². The fourth-order valence-electron chi connectivity index (χ4n) is 1.23. The summed E-state index contributed by atoms with van der Waals surface area (Å²) in [6.07, 6.45) is 1.65. The summed E-state index contributed by atoms with van der Waals surface area (Å²) in [7, 11) is 0. The normalized spacial score (nSPS) is 10.5. The monoisotopic (exact) mass is 223 g/mol. The summed E-state index contributed by atoms with van der Waals surface area (Å²) in [6.45, 7) is 2.14. The topological polar surface area (TPSA) is 79.4 Å². The van der Waals surface area contributed by atoms with Crippen LogP contribution in [0.3, 0.4) is 0 Å². The molecule has 2 N–H and O–H groups in total. The molecule has 0 aromatic carbocycles. The summed E-state index contributed by atoms with van der Waals surface area (Å²) in [4.78, 5) is 19.5. The lowest BCUT2D eigenvalue weighted by Gasteiger charge is -2.00. The largest absolute Gasteiger partial charge is 0.342 e. The van der Waals surface area contributed by atoms with Gasteiger partial charge in [-0.05, 0) is 25.2 Å². The van der Waals surface area contributed by atoms with Crippen molar-refractivity contribution in [3.8, 4) is 0 Å². The smallest absolute Gasteiger partial charge is 0.272 e. The van der Waals surface area contributed by atoms with Gasteiger partial charge in [0.1, 0.15) is 5.82 Å². The van der Waals surface area contributed by atoms with E-state index in [1.807, 2.05) is 0 Å². The van der Waals surface area contributed by atoms with Crippen LogP contribution < -0.4 is 5.69 Å². The highest BCUT2D eigenvalue weighted by Crippen LogP contribution is 1.97. The van der Waals surface area contributed by atoms with Crippen LogP contribution in [-0.2, 0) is 6.54 Å². The third kappa shape index (κ3) is 2.01. The summed E-state index contributed by atoms with van der Waals surface area (Å²) in [5.74, 6) is 0.672. The fourth-order valence-corrected chi connectivity index (χ4v) is 1.43. The van der Waals surface area contributed by atoms with E-state index in [2.05, 4.69) is 20.2 Å². The molecular weight excluding hydrogens is 214 g/mol. The molecule has 0 radical (unpaired) electrons. The van der Waals surface area contributed by atoms with Crippen molar-refractivity contribution >= 4 is 12.2 Å². The highest BCUT2D eigenvalue weighted by atomic mass is 32.1. The lowest BCUT2D eigenvalue weighted by molar-refractivity contribution is 0.724. The van der Waals surface area contributed by atoms with E-state index in [0.29, 0.717) is 17.1 Å². The maximum Gasteiger partial charge on any atom is 0.342 e. The molecule has 78 valence electrons. The molecule has 0 saturated carbocycles. The molecule has 0 aliphatic heterocycles. The van der Waals surface area contributed by atoms with Gasteiger partial charge in [-0.25, -0.2) is 19.9 Å². The quantitative estimate of drug-likeness (QED) is 0.721. The van der Waals surface area contributed by atoms with Crippen molar-refractivity contribution < 1.29 is 0 Å². The number of H-pyrrole nitrogens is 2. The van der Waals surface area contributed by atoms with Gasteiger partial charge in [-0.3, -0.25) is 9.67 Å². The summed E-state index contributed by atoms with van der Waals surface area (Å²) in [5, 5.41) is 4.98. The van der Waals surface area contributed by atoms with Crippen molar-refractivity contribution in [2.45, 2.75) is 13.5 Å². The molecule has 0 aliphatic carbocycles. The summed E-state index contributed by atoms with van der Waals surface area (Å²) < 4.78 is 1.76. The number of aromatic amines is 2. The molecule has 15 heavy (non-hydrogen) atoms. The first-order valence-electron chi connectivity index (χ1n) is 4.33. The molecule has 2 rings (SSSR count). The Morgan fingerprint density at radius 1 is 1.53 bits per heavy atom. The Kier molecular flexibility index (Phi) is 2.46. The zero-order valence-electron chi connectivity index (χ0n) is 8.02. The molecule has 7 heteroatoms. The number of aryl methyl sites for hydroxylation is 1. The first-order valence-corrected chi connectivity index (χ1v) is 4.73. The summed E-state index contributed by atoms with van der Waals surface area (Å²) >= 11 is 4.94. The molecule has 6 nitrogen and oxygen atoms in total. The van der Waals surface area contributed by atoms with Crippen LogP contribution in [0.1, 0.15) is 11.5 Å². The number of nitrogens with one attached hydrogen (secondary N) is 2. The van der Waals surface area contributed by atoms with E-state index < -0.39 is 0 Å². The van der Waals surface area contributed by atoms with Crippen LogP contribution >= 0.6 is 12.2 Å². The molecule has 0 aliphatic rings. The number of nitrogens with zero attached hydrogens (tertiary/aromatic N) is 3. The molecule has 0 atom stereocenters. The number of hydrogen-bond donors (Lipinski definition) is 2. The minimum Gasteiger partial charge on any atom is -0.272 e. The fraction of sp³-hybridized carbons (Fsp3) is 0.250. The van der Waals surface area contributed by atoms with E-state index in [4.69, 9.17) is 12.2 Å². The van der Waals surface area contributed by atoms with Crippen molar-refractivity contribution in [3.05, 3.63) is 39.0 Å². The van der Waals surface area contributed by atoms with Gasteiger partial charge in [0.25, 0.3) is 0 Å². The lowest BCUT2D eigenvalue weighted by Crippen LogP contribution is -2.18. The standard InChI is InChI=1S/C8H9N5OS/c1-5-9-3-2-6(10-5)4-13-7(14)11-12-8(13)15/h2-3H,4H2,1H3,(H,11,14)(H,12,15). The first kappa shape index (κ1) is 9.78. The predicted octanol–water partition coefficient (Wildman–Crippen LogP) is 0.381. The van der Waals surface area contributed by atoms with Crippen molar-refractivity contribution in [3.63, 3.8) is 0 Å². The number of rotatable bonds is 2. The SMILES string of the molecule is Cc1nccc(Cn2c(=O)[nH][nH]c2=S)n1. The van der Waals surface area contributed by atoms with E-state index >= 15 is 0 Å². The van der Waals surface area contributed by atoms with Crippen LogP contribution in [0.4, 0.5) is 0 Å². The van der Waals surface area contributed by atoms with E-state index in [-0.39, 0.29) is 5.69 Å². The van der Waals surface area contributed by atoms with Gasteiger partial charge >= 0.3 is 5.69 Å². The highest BCUT2D eigenvalue weighted by molar-refractivity contribution is 7.71. The molecule has 0 amide bonds. The average molecular weight is 223 g/mol. The third-order valence-corrected chi connectivity index (χ3v) is 2.24. The Morgan fingerprint density at radius 3 is 2.93 bits per heavy atom. The molecule has 2 heterocycles. The van der Waals surface area contributed by atoms with Crippen LogP contribution in [0.2, 0.25) is 0 Å². The van der Waals surface area contributed by atoms with Gasteiger partial charge in [0.2, 0.25) is 0 Å². The van der Waals surface area contributed by atoms with Gasteiger partial charge in [-0.15, -0.1) is 0 Å². The second kappa shape index (κ2) is 3.77. The van der Waals surface area contributed by atoms with Gasteiger partial charge in [0.05, 0.1) is 12.2 Å². The molecule has 2 aromatic rings. The van der Waals surface area contributed by atoms with Crippen molar-refractivity contribution in [1.29, 1.82) is 0 Å². The predicted molar refractivity (Wildman–Crippen MR) is 56.1 cm³/mol. The van der Waals surface area contributed by atoms with E-state index in [0.717, 1.165) is 5.69 Å². The molecule has 0 fully saturated rings. The maximum atomic E-state index is 11.3. The molecule has 0 spiro atoms. The Balaban J connectivity index is 2.38. The molecular formula is C8H9N5OS. The zero-order chi connectivity index (χ0) is 10.8. The molecule has 0 saturated heterocycles. The Bertz CT molecular complexity index is 553. The Morgan fingerprint density at radius 2 is 2.33 bits per heavy atom. The Hall–Kier alpha value is -1.76. The van der Waals surface area contributed by atoms with E-state index in [9.17, 15) is 4.79 Å².